The van der Waals surface area contributed by atoms with Gasteiger partial charge in [0.05, 0.1) is 0 Å². The number of rotatable bonds is 5. The van der Waals surface area contributed by atoms with Gasteiger partial charge in [-0.15, -0.1) is 0 Å². The third kappa shape index (κ3) is 4.20. The van der Waals surface area contributed by atoms with Crippen LogP contribution >= 0.6 is 0 Å². The summed E-state index contributed by atoms with van der Waals surface area (Å²) in [5.41, 5.74) is 1.32. The van der Waals surface area contributed by atoms with Crippen molar-refractivity contribution < 1.29 is 8.78 Å². The number of benzene rings is 2. The smallest absolute Gasteiger partial charge is 0.159 e. The Morgan fingerprint density at radius 1 is 0.815 bits per heavy atom. The molecule has 2 saturated carbocycles. The Morgan fingerprint density at radius 3 is 2.37 bits per heavy atom. The molecule has 0 aromatic heterocycles. The maximum absolute atomic E-state index is 13.6. The highest BCUT2D eigenvalue weighted by atomic mass is 19.2. The zero-order chi connectivity index (χ0) is 18.8. The van der Waals surface area contributed by atoms with Crippen molar-refractivity contribution in [1.82, 2.24) is 0 Å². The zero-order valence-corrected chi connectivity index (χ0v) is 16.5. The molecule has 0 nitrogen and oxygen atoms in total. The van der Waals surface area contributed by atoms with Crippen molar-refractivity contribution in [3.63, 3.8) is 0 Å². The Morgan fingerprint density at radius 2 is 1.56 bits per heavy atom. The summed E-state index contributed by atoms with van der Waals surface area (Å²) in [4.78, 5) is 0. The quantitative estimate of drug-likeness (QED) is 0.468. The summed E-state index contributed by atoms with van der Waals surface area (Å²) in [6.07, 6.45) is 13.7. The van der Waals surface area contributed by atoms with Gasteiger partial charge >= 0.3 is 0 Å². The molecule has 2 heteroatoms. The lowest BCUT2D eigenvalue weighted by atomic mass is 9.63. The molecule has 4 unspecified atom stereocenters. The van der Waals surface area contributed by atoms with Crippen LogP contribution in [-0.4, -0.2) is 0 Å². The molecule has 0 spiro atoms. The molecule has 146 valence electrons. The van der Waals surface area contributed by atoms with E-state index in [1.54, 1.807) is 0 Å². The zero-order valence-electron chi connectivity index (χ0n) is 16.5. The summed E-state index contributed by atoms with van der Waals surface area (Å²) in [5, 5.41) is 1.62. The van der Waals surface area contributed by atoms with E-state index in [9.17, 15) is 8.78 Å². The van der Waals surface area contributed by atoms with Crippen LogP contribution in [-0.2, 0) is 0 Å². The van der Waals surface area contributed by atoms with Crippen molar-refractivity contribution in [2.45, 2.75) is 77.0 Å². The Bertz CT molecular complexity index is 781. The van der Waals surface area contributed by atoms with E-state index in [0.717, 1.165) is 28.5 Å². The minimum absolute atomic E-state index is 0.584. The van der Waals surface area contributed by atoms with Crippen molar-refractivity contribution in [3.05, 3.63) is 47.5 Å². The van der Waals surface area contributed by atoms with E-state index in [1.165, 1.54) is 81.9 Å². The second-order valence-corrected chi connectivity index (χ2v) is 9.08. The average Bonchev–Trinajstić information content (AvgIpc) is 2.68. The van der Waals surface area contributed by atoms with Crippen molar-refractivity contribution in [2.75, 3.05) is 0 Å². The van der Waals surface area contributed by atoms with E-state index in [-0.39, 0.29) is 0 Å². The molecule has 0 heterocycles. The van der Waals surface area contributed by atoms with Crippen LogP contribution in [0.2, 0.25) is 0 Å². The van der Waals surface area contributed by atoms with Gasteiger partial charge < -0.3 is 0 Å². The molecule has 0 amide bonds. The fourth-order valence-corrected chi connectivity index (χ4v) is 5.75. The fraction of sp³-hybridized carbons (Fsp3) is 0.600. The van der Waals surface area contributed by atoms with Crippen LogP contribution in [0.1, 0.15) is 82.6 Å². The Kier molecular flexibility index (Phi) is 5.80. The van der Waals surface area contributed by atoms with Crippen LogP contribution in [0.25, 0.3) is 10.8 Å². The number of halogens is 2. The second-order valence-electron chi connectivity index (χ2n) is 9.08. The molecular formula is C25H32F2. The van der Waals surface area contributed by atoms with Gasteiger partial charge in [0.1, 0.15) is 0 Å². The molecule has 0 saturated heterocycles. The molecule has 27 heavy (non-hydrogen) atoms. The highest BCUT2D eigenvalue weighted by Crippen LogP contribution is 2.48. The fourth-order valence-electron chi connectivity index (χ4n) is 5.75. The van der Waals surface area contributed by atoms with Crippen LogP contribution in [0.15, 0.2) is 30.3 Å². The average molecular weight is 371 g/mol. The number of hydrogen-bond acceptors (Lipinski definition) is 0. The van der Waals surface area contributed by atoms with Crippen molar-refractivity contribution in [3.8, 4) is 0 Å². The molecule has 2 fully saturated rings. The summed E-state index contributed by atoms with van der Waals surface area (Å²) in [5.74, 6) is 1.84. The number of fused-ring (bicyclic) bond motifs is 2. The minimum atomic E-state index is -0.758. The highest BCUT2D eigenvalue weighted by molar-refractivity contribution is 5.83. The SMILES string of the molecule is CCCCCC1CCC2CC(c3ccc4cc(F)c(F)cc4c3)CCC2C1. The Labute approximate surface area is 162 Å². The Balaban J connectivity index is 1.41. The lowest BCUT2D eigenvalue weighted by Gasteiger charge is -2.42. The van der Waals surface area contributed by atoms with Gasteiger partial charge in [0.2, 0.25) is 0 Å². The van der Waals surface area contributed by atoms with Gasteiger partial charge in [-0.05, 0) is 84.2 Å². The second kappa shape index (κ2) is 8.29. The van der Waals surface area contributed by atoms with Gasteiger partial charge in [0.15, 0.2) is 11.6 Å². The van der Waals surface area contributed by atoms with Crippen molar-refractivity contribution in [2.24, 2.45) is 17.8 Å². The van der Waals surface area contributed by atoms with Crippen LogP contribution in [0, 0.1) is 29.4 Å². The summed E-state index contributed by atoms with van der Waals surface area (Å²) >= 11 is 0. The van der Waals surface area contributed by atoms with E-state index in [4.69, 9.17) is 0 Å². The molecule has 4 atom stereocenters. The van der Waals surface area contributed by atoms with Crippen LogP contribution in [0.4, 0.5) is 8.78 Å². The molecule has 2 aliphatic carbocycles. The largest absolute Gasteiger partial charge is 0.204 e. The lowest BCUT2D eigenvalue weighted by molar-refractivity contribution is 0.113. The number of hydrogen-bond donors (Lipinski definition) is 0. The molecule has 4 rings (SSSR count). The third-order valence-electron chi connectivity index (χ3n) is 7.31. The van der Waals surface area contributed by atoms with Gasteiger partial charge in [-0.25, -0.2) is 8.78 Å². The maximum atomic E-state index is 13.6. The first-order chi connectivity index (χ1) is 13.1. The topological polar surface area (TPSA) is 0 Å². The van der Waals surface area contributed by atoms with Gasteiger partial charge in [-0.1, -0.05) is 57.2 Å². The predicted molar refractivity (Wildman–Crippen MR) is 109 cm³/mol. The monoisotopic (exact) mass is 370 g/mol. The van der Waals surface area contributed by atoms with Crippen LogP contribution in [0.5, 0.6) is 0 Å². The van der Waals surface area contributed by atoms with E-state index in [1.807, 2.05) is 6.07 Å². The summed E-state index contributed by atoms with van der Waals surface area (Å²) in [6.45, 7) is 2.29. The lowest BCUT2D eigenvalue weighted by Crippen LogP contribution is -2.30. The van der Waals surface area contributed by atoms with Gasteiger partial charge in [-0.2, -0.15) is 0 Å². The molecule has 2 aromatic rings. The molecule has 0 aliphatic heterocycles. The highest BCUT2D eigenvalue weighted by Gasteiger charge is 2.35. The normalized spacial score (nSPS) is 28.3. The first-order valence-corrected chi connectivity index (χ1v) is 11.0. The minimum Gasteiger partial charge on any atom is -0.204 e. The Hall–Kier alpha value is -1.44. The van der Waals surface area contributed by atoms with Gasteiger partial charge in [-0.3, -0.25) is 0 Å². The van der Waals surface area contributed by atoms with E-state index < -0.39 is 11.6 Å². The third-order valence-corrected chi connectivity index (χ3v) is 7.31. The standard InChI is InChI=1S/C25H32F2/c1-2-3-4-5-17-6-7-19-13-20(9-8-18(19)12-17)21-10-11-22-15-24(26)25(27)16-23(22)14-21/h10-11,14-20H,2-9,12-13H2,1H3. The maximum Gasteiger partial charge on any atom is 0.159 e. The van der Waals surface area contributed by atoms with Crippen molar-refractivity contribution >= 4 is 10.8 Å². The van der Waals surface area contributed by atoms with E-state index in [2.05, 4.69) is 19.1 Å². The van der Waals surface area contributed by atoms with Crippen LogP contribution < -0.4 is 0 Å². The molecule has 2 aliphatic rings. The summed E-state index contributed by atoms with van der Waals surface area (Å²) in [7, 11) is 0. The van der Waals surface area contributed by atoms with Gasteiger partial charge in [0.25, 0.3) is 0 Å². The summed E-state index contributed by atoms with van der Waals surface area (Å²) in [6, 6.07) is 8.86. The summed E-state index contributed by atoms with van der Waals surface area (Å²) < 4.78 is 27.1. The van der Waals surface area contributed by atoms with Gasteiger partial charge in [0, 0.05) is 0 Å². The first kappa shape index (κ1) is 18.9. The van der Waals surface area contributed by atoms with Crippen molar-refractivity contribution in [1.29, 1.82) is 0 Å². The van der Waals surface area contributed by atoms with Crippen LogP contribution in [0.3, 0.4) is 0 Å². The molecule has 2 aromatic carbocycles. The molecule has 0 bridgehead atoms. The molecule has 0 radical (unpaired) electrons. The molecular weight excluding hydrogens is 338 g/mol. The molecule has 0 N–H and O–H groups in total. The first-order valence-electron chi connectivity index (χ1n) is 11.0. The van der Waals surface area contributed by atoms with E-state index >= 15 is 0 Å². The predicted octanol–water partition coefficient (Wildman–Crippen LogP) is 8.00. The number of unbranched alkanes of at least 4 members (excludes halogenated alkanes) is 2. The van der Waals surface area contributed by atoms with E-state index in [0.29, 0.717) is 5.92 Å².